The molecular weight excluding hydrogens is 356 g/mol. The van der Waals surface area contributed by atoms with E-state index < -0.39 is 0 Å². The lowest BCUT2D eigenvalue weighted by molar-refractivity contribution is -0.118. The van der Waals surface area contributed by atoms with Gasteiger partial charge >= 0.3 is 0 Å². The van der Waals surface area contributed by atoms with Crippen LogP contribution in [0, 0.1) is 0 Å². The molecule has 1 aliphatic heterocycles. The number of hydrogen-bond acceptors (Lipinski definition) is 4. The summed E-state index contributed by atoms with van der Waals surface area (Å²) in [6, 6.07) is 13.7. The van der Waals surface area contributed by atoms with E-state index in [-0.39, 0.29) is 18.4 Å². The fourth-order valence-corrected chi connectivity index (χ4v) is 2.79. The molecule has 1 aliphatic rings. The molecule has 0 saturated carbocycles. The van der Waals surface area contributed by atoms with Gasteiger partial charge < -0.3 is 19.7 Å². The van der Waals surface area contributed by atoms with Gasteiger partial charge in [-0.1, -0.05) is 29.8 Å². The quantitative estimate of drug-likeness (QED) is 0.873. The van der Waals surface area contributed by atoms with Crippen LogP contribution in [-0.4, -0.2) is 49.6 Å². The van der Waals surface area contributed by atoms with E-state index >= 15 is 0 Å². The number of carbonyl (C=O) groups excluding carboxylic acids is 2. The minimum absolute atomic E-state index is 0.125. The number of amides is 2. The second-order valence-electron chi connectivity index (χ2n) is 5.74. The molecule has 1 fully saturated rings. The Labute approximate surface area is 156 Å². The topological polar surface area (TPSA) is 67.9 Å². The van der Waals surface area contributed by atoms with Crippen molar-refractivity contribution in [3.05, 3.63) is 59.1 Å². The molecule has 136 valence electrons. The van der Waals surface area contributed by atoms with Gasteiger partial charge in [-0.3, -0.25) is 9.59 Å². The predicted molar refractivity (Wildman–Crippen MR) is 98.7 cm³/mol. The van der Waals surface area contributed by atoms with Crippen LogP contribution in [0.1, 0.15) is 10.4 Å². The first-order valence-corrected chi connectivity index (χ1v) is 8.65. The maximum absolute atomic E-state index is 12.7. The summed E-state index contributed by atoms with van der Waals surface area (Å²) in [6.45, 7) is 1.94. The smallest absolute Gasteiger partial charge is 0.262 e. The molecule has 0 aromatic heterocycles. The van der Waals surface area contributed by atoms with Gasteiger partial charge in [-0.15, -0.1) is 0 Å². The maximum Gasteiger partial charge on any atom is 0.262 e. The third-order valence-corrected chi connectivity index (χ3v) is 4.13. The number of para-hydroxylation sites is 1. The summed E-state index contributed by atoms with van der Waals surface area (Å²) in [5.41, 5.74) is 0.911. The summed E-state index contributed by atoms with van der Waals surface area (Å²) >= 11 is 5.89. The summed E-state index contributed by atoms with van der Waals surface area (Å²) in [5.74, 6) is 0.0255. The number of ether oxygens (including phenoxy) is 2. The van der Waals surface area contributed by atoms with Crippen LogP contribution in [0.2, 0.25) is 5.02 Å². The van der Waals surface area contributed by atoms with Gasteiger partial charge in [-0.25, -0.2) is 0 Å². The summed E-state index contributed by atoms with van der Waals surface area (Å²) in [4.78, 5) is 26.6. The van der Waals surface area contributed by atoms with Crippen LogP contribution < -0.4 is 10.1 Å². The highest BCUT2D eigenvalue weighted by Crippen LogP contribution is 2.19. The van der Waals surface area contributed by atoms with Crippen molar-refractivity contribution in [2.45, 2.75) is 0 Å². The fraction of sp³-hybridized carbons (Fsp3) is 0.263. The normalized spacial score (nSPS) is 14.0. The number of halogens is 1. The Balaban J connectivity index is 1.63. The molecule has 0 spiro atoms. The Morgan fingerprint density at radius 2 is 1.88 bits per heavy atom. The summed E-state index contributed by atoms with van der Waals surface area (Å²) in [6.07, 6.45) is 0. The van der Waals surface area contributed by atoms with Gasteiger partial charge in [-0.2, -0.15) is 0 Å². The predicted octanol–water partition coefficient (Wildman–Crippen LogP) is 2.83. The van der Waals surface area contributed by atoms with Gasteiger partial charge in [0.05, 0.1) is 24.5 Å². The van der Waals surface area contributed by atoms with Crippen molar-refractivity contribution >= 4 is 29.1 Å². The molecule has 0 atom stereocenters. The molecule has 26 heavy (non-hydrogen) atoms. The minimum Gasteiger partial charge on any atom is -0.484 e. The molecule has 2 aromatic carbocycles. The second-order valence-corrected chi connectivity index (χ2v) is 6.18. The van der Waals surface area contributed by atoms with Crippen LogP contribution in [0.3, 0.4) is 0 Å². The molecule has 0 unspecified atom stereocenters. The standard InChI is InChI=1S/C19H19ClN2O4/c20-14-4-3-5-15(12-14)26-13-18(23)21-17-7-2-1-6-16(17)19(24)22-8-10-25-11-9-22/h1-7,12H,8-11,13H2,(H,21,23). The first-order valence-electron chi connectivity index (χ1n) is 8.28. The Morgan fingerprint density at radius 3 is 2.65 bits per heavy atom. The number of anilines is 1. The Hall–Kier alpha value is -2.57. The van der Waals surface area contributed by atoms with E-state index in [4.69, 9.17) is 21.1 Å². The third-order valence-electron chi connectivity index (χ3n) is 3.90. The maximum atomic E-state index is 12.7. The van der Waals surface area contributed by atoms with Crippen LogP contribution in [-0.2, 0) is 9.53 Å². The first-order chi connectivity index (χ1) is 12.6. The van der Waals surface area contributed by atoms with Crippen molar-refractivity contribution in [3.8, 4) is 5.75 Å². The Bertz CT molecular complexity index is 791. The lowest BCUT2D eigenvalue weighted by atomic mass is 10.1. The van der Waals surface area contributed by atoms with E-state index in [0.29, 0.717) is 48.3 Å². The summed E-state index contributed by atoms with van der Waals surface area (Å²) < 4.78 is 10.7. The lowest BCUT2D eigenvalue weighted by Gasteiger charge is -2.27. The number of nitrogens with one attached hydrogen (secondary N) is 1. The highest BCUT2D eigenvalue weighted by Gasteiger charge is 2.21. The van der Waals surface area contributed by atoms with E-state index in [9.17, 15) is 9.59 Å². The molecule has 7 heteroatoms. The molecule has 1 saturated heterocycles. The molecule has 2 aromatic rings. The number of nitrogens with zero attached hydrogens (tertiary/aromatic N) is 1. The zero-order chi connectivity index (χ0) is 18.4. The minimum atomic E-state index is -0.354. The van der Waals surface area contributed by atoms with E-state index in [1.165, 1.54) is 0 Å². The van der Waals surface area contributed by atoms with E-state index in [0.717, 1.165) is 0 Å². The molecule has 0 bridgehead atoms. The van der Waals surface area contributed by atoms with Crippen molar-refractivity contribution in [2.75, 3.05) is 38.2 Å². The molecule has 2 amide bonds. The van der Waals surface area contributed by atoms with Crippen molar-refractivity contribution in [2.24, 2.45) is 0 Å². The average Bonchev–Trinajstić information content (AvgIpc) is 2.67. The molecule has 0 aliphatic carbocycles. The Kier molecular flexibility index (Phi) is 6.09. The highest BCUT2D eigenvalue weighted by atomic mass is 35.5. The number of rotatable bonds is 5. The fourth-order valence-electron chi connectivity index (χ4n) is 2.61. The van der Waals surface area contributed by atoms with Gasteiger partial charge in [0.2, 0.25) is 0 Å². The SMILES string of the molecule is O=C(COc1cccc(Cl)c1)Nc1ccccc1C(=O)N1CCOCC1. The van der Waals surface area contributed by atoms with E-state index in [1.54, 1.807) is 53.4 Å². The van der Waals surface area contributed by atoms with Crippen LogP contribution in [0.25, 0.3) is 0 Å². The van der Waals surface area contributed by atoms with Crippen molar-refractivity contribution < 1.29 is 19.1 Å². The van der Waals surface area contributed by atoms with Crippen molar-refractivity contribution in [1.29, 1.82) is 0 Å². The molecular formula is C19H19ClN2O4. The third kappa shape index (κ3) is 4.74. The van der Waals surface area contributed by atoms with Gasteiger partial charge in [-0.05, 0) is 30.3 Å². The Morgan fingerprint density at radius 1 is 1.12 bits per heavy atom. The van der Waals surface area contributed by atoms with Crippen LogP contribution in [0.15, 0.2) is 48.5 Å². The number of morpholine rings is 1. The van der Waals surface area contributed by atoms with Crippen molar-refractivity contribution in [1.82, 2.24) is 4.90 Å². The highest BCUT2D eigenvalue weighted by molar-refractivity contribution is 6.30. The number of benzene rings is 2. The van der Waals surface area contributed by atoms with E-state index in [2.05, 4.69) is 5.32 Å². The van der Waals surface area contributed by atoms with Crippen LogP contribution >= 0.6 is 11.6 Å². The zero-order valence-electron chi connectivity index (χ0n) is 14.1. The molecule has 1 N–H and O–H groups in total. The van der Waals surface area contributed by atoms with Gasteiger partial charge in [0.1, 0.15) is 5.75 Å². The second kappa shape index (κ2) is 8.69. The van der Waals surface area contributed by atoms with Gasteiger partial charge in [0.25, 0.3) is 11.8 Å². The zero-order valence-corrected chi connectivity index (χ0v) is 14.9. The first kappa shape index (κ1) is 18.2. The summed E-state index contributed by atoms with van der Waals surface area (Å²) in [7, 11) is 0. The monoisotopic (exact) mass is 374 g/mol. The lowest BCUT2D eigenvalue weighted by Crippen LogP contribution is -2.41. The van der Waals surface area contributed by atoms with Gasteiger partial charge in [0, 0.05) is 18.1 Å². The van der Waals surface area contributed by atoms with E-state index in [1.807, 2.05) is 0 Å². The van der Waals surface area contributed by atoms with Crippen molar-refractivity contribution in [3.63, 3.8) is 0 Å². The summed E-state index contributed by atoms with van der Waals surface area (Å²) in [5, 5.41) is 3.27. The molecule has 0 radical (unpaired) electrons. The number of carbonyl (C=O) groups is 2. The molecule has 3 rings (SSSR count). The molecule has 1 heterocycles. The van der Waals surface area contributed by atoms with Crippen LogP contribution in [0.5, 0.6) is 5.75 Å². The van der Waals surface area contributed by atoms with Crippen LogP contribution in [0.4, 0.5) is 5.69 Å². The number of hydrogen-bond donors (Lipinski definition) is 1. The average molecular weight is 375 g/mol. The molecule has 6 nitrogen and oxygen atoms in total. The largest absolute Gasteiger partial charge is 0.484 e. The van der Waals surface area contributed by atoms with Gasteiger partial charge in [0.15, 0.2) is 6.61 Å².